The van der Waals surface area contributed by atoms with Gasteiger partial charge in [0.05, 0.1) is 6.61 Å². The van der Waals surface area contributed by atoms with E-state index in [0.29, 0.717) is 17.9 Å². The van der Waals surface area contributed by atoms with Crippen LogP contribution in [0.1, 0.15) is 23.0 Å². The highest BCUT2D eigenvalue weighted by Gasteiger charge is 2.23. The Morgan fingerprint density at radius 1 is 0.867 bits per heavy atom. The fraction of sp³-hybridized carbons (Fsp3) is 0.115. The van der Waals surface area contributed by atoms with Crippen molar-refractivity contribution in [3.63, 3.8) is 0 Å². The van der Waals surface area contributed by atoms with Crippen LogP contribution in [-0.2, 0) is 11.3 Å². The average molecular weight is 398 g/mol. The van der Waals surface area contributed by atoms with Crippen LogP contribution in [0.4, 0.5) is 0 Å². The zero-order chi connectivity index (χ0) is 20.8. The molecule has 0 fully saturated rings. The lowest BCUT2D eigenvalue weighted by Gasteiger charge is -2.10. The Morgan fingerprint density at radius 2 is 1.57 bits per heavy atom. The predicted octanol–water partition coefficient (Wildman–Crippen LogP) is 6.37. The Kier molecular flexibility index (Phi) is 5.95. The van der Waals surface area contributed by atoms with Crippen LogP contribution in [0.2, 0.25) is 0 Å². The number of ether oxygens (including phenoxy) is 2. The van der Waals surface area contributed by atoms with Crippen LogP contribution >= 0.6 is 0 Å². The molecule has 0 spiro atoms. The van der Waals surface area contributed by atoms with Gasteiger partial charge in [-0.1, -0.05) is 72.8 Å². The van der Waals surface area contributed by atoms with Crippen LogP contribution < -0.4 is 4.74 Å². The molecule has 0 unspecified atom stereocenters. The van der Waals surface area contributed by atoms with Crippen molar-refractivity contribution in [2.45, 2.75) is 13.5 Å². The van der Waals surface area contributed by atoms with E-state index in [1.54, 1.807) is 13.2 Å². The summed E-state index contributed by atoms with van der Waals surface area (Å²) in [6.45, 7) is 2.52. The molecule has 1 heterocycles. The summed E-state index contributed by atoms with van der Waals surface area (Å²) in [4.78, 5) is 12.5. The molecule has 1 aromatic heterocycles. The highest BCUT2D eigenvalue weighted by molar-refractivity contribution is 6.00. The quantitative estimate of drug-likeness (QED) is 0.339. The number of esters is 1. The van der Waals surface area contributed by atoms with E-state index in [9.17, 15) is 4.79 Å². The first-order valence-corrected chi connectivity index (χ1v) is 9.87. The summed E-state index contributed by atoms with van der Waals surface area (Å²) in [5.41, 5.74) is 4.41. The Labute approximate surface area is 175 Å². The van der Waals surface area contributed by atoms with E-state index in [1.165, 1.54) is 0 Å². The highest BCUT2D eigenvalue weighted by atomic mass is 16.5. The second-order valence-corrected chi connectivity index (χ2v) is 6.74. The summed E-state index contributed by atoms with van der Waals surface area (Å²) in [5.74, 6) is 0.424. The molecule has 0 amide bonds. The topological polar surface area (TPSA) is 48.7 Å². The largest absolute Gasteiger partial charge is 0.489 e. The van der Waals surface area contributed by atoms with E-state index in [4.69, 9.17) is 13.9 Å². The smallest absolute Gasteiger partial charge is 0.374 e. The van der Waals surface area contributed by atoms with Crippen molar-refractivity contribution < 1.29 is 18.7 Å². The minimum atomic E-state index is -0.481. The first-order chi connectivity index (χ1) is 14.8. The molecule has 4 heteroatoms. The van der Waals surface area contributed by atoms with Gasteiger partial charge in [0, 0.05) is 11.1 Å². The maximum Gasteiger partial charge on any atom is 0.374 e. The van der Waals surface area contributed by atoms with Crippen molar-refractivity contribution in [2.24, 2.45) is 0 Å². The third-order valence-electron chi connectivity index (χ3n) is 4.71. The Hall–Kier alpha value is -3.79. The fourth-order valence-corrected chi connectivity index (χ4v) is 3.30. The molecule has 0 radical (unpaired) electrons. The molecule has 0 aliphatic heterocycles. The maximum absolute atomic E-state index is 12.5. The van der Waals surface area contributed by atoms with Gasteiger partial charge in [-0.15, -0.1) is 0 Å². The molecule has 4 nitrogen and oxygen atoms in total. The molecular weight excluding hydrogens is 376 g/mol. The van der Waals surface area contributed by atoms with E-state index in [1.807, 2.05) is 84.9 Å². The minimum absolute atomic E-state index is 0.191. The molecule has 0 aliphatic rings. The fourth-order valence-electron chi connectivity index (χ4n) is 3.30. The molecule has 0 saturated heterocycles. The summed E-state index contributed by atoms with van der Waals surface area (Å²) in [7, 11) is 0. The van der Waals surface area contributed by atoms with Crippen LogP contribution in [0.3, 0.4) is 0 Å². The third-order valence-corrected chi connectivity index (χ3v) is 4.71. The Morgan fingerprint density at radius 3 is 2.30 bits per heavy atom. The molecule has 30 heavy (non-hydrogen) atoms. The van der Waals surface area contributed by atoms with E-state index in [2.05, 4.69) is 0 Å². The Balaban J connectivity index is 1.71. The van der Waals surface area contributed by atoms with Gasteiger partial charge in [0.25, 0.3) is 0 Å². The number of furan rings is 1. The van der Waals surface area contributed by atoms with Crippen LogP contribution in [-0.4, -0.2) is 12.6 Å². The zero-order valence-electron chi connectivity index (χ0n) is 16.7. The normalized spacial score (nSPS) is 10.6. The van der Waals surface area contributed by atoms with Gasteiger partial charge in [0.2, 0.25) is 5.76 Å². The molecule has 4 rings (SSSR count). The van der Waals surface area contributed by atoms with Crippen LogP contribution in [0, 0.1) is 0 Å². The highest BCUT2D eigenvalue weighted by Crippen LogP contribution is 2.38. The van der Waals surface area contributed by atoms with Gasteiger partial charge in [0.15, 0.2) is 0 Å². The molecule has 0 saturated carbocycles. The standard InChI is InChI=1S/C26H22O4/c1-2-28-26(27)25-24(23(18-30-25)20-12-7-4-8-13-20)21-14-9-15-22(16-21)29-17-19-10-5-3-6-11-19/h3-16,18H,2,17H2,1H3. The molecule has 0 aliphatic carbocycles. The molecular formula is C26H22O4. The first kappa shape index (κ1) is 19.5. The second-order valence-electron chi connectivity index (χ2n) is 6.74. The van der Waals surface area contributed by atoms with Crippen molar-refractivity contribution in [2.75, 3.05) is 6.61 Å². The molecule has 0 bridgehead atoms. The number of hydrogen-bond donors (Lipinski definition) is 0. The van der Waals surface area contributed by atoms with Crippen LogP contribution in [0.25, 0.3) is 22.3 Å². The summed E-state index contributed by atoms with van der Waals surface area (Å²) in [6, 6.07) is 27.5. The zero-order valence-corrected chi connectivity index (χ0v) is 16.7. The van der Waals surface area contributed by atoms with Crippen molar-refractivity contribution in [3.05, 3.63) is 103 Å². The lowest BCUT2D eigenvalue weighted by Crippen LogP contribution is -2.05. The van der Waals surface area contributed by atoms with E-state index >= 15 is 0 Å². The van der Waals surface area contributed by atoms with Gasteiger partial charge in [0.1, 0.15) is 18.6 Å². The van der Waals surface area contributed by atoms with Gasteiger partial charge < -0.3 is 13.9 Å². The SMILES string of the molecule is CCOC(=O)c1occ(-c2ccccc2)c1-c1cccc(OCc2ccccc2)c1. The number of rotatable bonds is 7. The van der Waals surface area contributed by atoms with E-state index in [0.717, 1.165) is 22.3 Å². The van der Waals surface area contributed by atoms with Gasteiger partial charge >= 0.3 is 5.97 Å². The van der Waals surface area contributed by atoms with Crippen LogP contribution in [0.5, 0.6) is 5.75 Å². The molecule has 4 aromatic rings. The van der Waals surface area contributed by atoms with Crippen molar-refractivity contribution in [1.29, 1.82) is 0 Å². The average Bonchev–Trinajstić information content (AvgIpc) is 3.25. The molecule has 0 atom stereocenters. The predicted molar refractivity (Wildman–Crippen MR) is 116 cm³/mol. The maximum atomic E-state index is 12.5. The number of benzene rings is 3. The summed E-state index contributed by atoms with van der Waals surface area (Å²) in [5, 5.41) is 0. The van der Waals surface area contributed by atoms with E-state index in [-0.39, 0.29) is 12.4 Å². The molecule has 150 valence electrons. The Bertz CT molecular complexity index is 1110. The van der Waals surface area contributed by atoms with Gasteiger partial charge in [-0.2, -0.15) is 0 Å². The summed E-state index contributed by atoms with van der Waals surface area (Å²) in [6.07, 6.45) is 1.61. The summed E-state index contributed by atoms with van der Waals surface area (Å²) < 4.78 is 16.9. The van der Waals surface area contributed by atoms with Crippen molar-refractivity contribution >= 4 is 5.97 Å². The lowest BCUT2D eigenvalue weighted by molar-refractivity contribution is 0.0491. The van der Waals surface area contributed by atoms with Gasteiger partial charge in [-0.05, 0) is 35.7 Å². The van der Waals surface area contributed by atoms with E-state index < -0.39 is 5.97 Å². The van der Waals surface area contributed by atoms with Crippen molar-refractivity contribution in [3.8, 4) is 28.0 Å². The van der Waals surface area contributed by atoms with Gasteiger partial charge in [-0.3, -0.25) is 0 Å². The number of carbonyl (C=O) groups is 1. The van der Waals surface area contributed by atoms with Crippen molar-refractivity contribution in [1.82, 2.24) is 0 Å². The van der Waals surface area contributed by atoms with Crippen LogP contribution in [0.15, 0.2) is 95.6 Å². The number of carbonyl (C=O) groups excluding carboxylic acids is 1. The third kappa shape index (κ3) is 4.28. The monoisotopic (exact) mass is 398 g/mol. The molecule has 3 aromatic carbocycles. The second kappa shape index (κ2) is 9.14. The summed E-state index contributed by atoms with van der Waals surface area (Å²) >= 11 is 0. The minimum Gasteiger partial charge on any atom is -0.489 e. The van der Waals surface area contributed by atoms with Gasteiger partial charge in [-0.25, -0.2) is 4.79 Å². The first-order valence-electron chi connectivity index (χ1n) is 9.87. The number of hydrogen-bond acceptors (Lipinski definition) is 4. The lowest BCUT2D eigenvalue weighted by atomic mass is 9.96. The molecule has 0 N–H and O–H groups in total.